The molecule has 2 rings (SSSR count). The van der Waals surface area contributed by atoms with E-state index in [0.29, 0.717) is 10.0 Å². The normalized spacial score (nSPS) is 12.6. The third-order valence-electron chi connectivity index (χ3n) is 2.51. The van der Waals surface area contributed by atoms with Gasteiger partial charge in [-0.25, -0.2) is 0 Å². The van der Waals surface area contributed by atoms with Crippen LogP contribution in [-0.2, 0) is 6.42 Å². The number of hydrogen-bond donors (Lipinski definition) is 1. The van der Waals surface area contributed by atoms with Gasteiger partial charge < -0.3 is 5.32 Å². The summed E-state index contributed by atoms with van der Waals surface area (Å²) in [6.45, 7) is 0. The molecule has 0 radical (unpaired) electrons. The van der Waals surface area contributed by atoms with Crippen molar-refractivity contribution in [3.63, 3.8) is 0 Å². The second-order valence-electron chi connectivity index (χ2n) is 3.63. The van der Waals surface area contributed by atoms with E-state index in [9.17, 15) is 0 Å². The molecule has 1 atom stereocenters. The first-order valence-electron chi connectivity index (χ1n) is 5.09. The topological polar surface area (TPSA) is 37.8 Å². The standard InChI is InChI=1S/C11H11Cl2N3S/c1-14-10(11-6-15-17-16-11)5-7-2-3-8(12)9(13)4-7/h2-4,6,10,14H,5H2,1H3. The molecule has 2 aromatic rings. The van der Waals surface area contributed by atoms with Gasteiger partial charge in [0.25, 0.3) is 0 Å². The van der Waals surface area contributed by atoms with Crippen molar-refractivity contribution in [2.75, 3.05) is 7.05 Å². The largest absolute Gasteiger partial charge is 0.311 e. The summed E-state index contributed by atoms with van der Waals surface area (Å²) in [6, 6.07) is 5.81. The number of hydrogen-bond acceptors (Lipinski definition) is 4. The van der Waals surface area contributed by atoms with E-state index in [1.807, 2.05) is 25.2 Å². The molecule has 0 aliphatic carbocycles. The van der Waals surface area contributed by atoms with Gasteiger partial charge in [-0.3, -0.25) is 0 Å². The smallest absolute Gasteiger partial charge is 0.0915 e. The minimum atomic E-state index is 0.144. The van der Waals surface area contributed by atoms with Crippen molar-refractivity contribution in [2.24, 2.45) is 0 Å². The lowest BCUT2D eigenvalue weighted by Crippen LogP contribution is -2.19. The maximum absolute atomic E-state index is 5.99. The summed E-state index contributed by atoms with van der Waals surface area (Å²) in [7, 11) is 1.90. The lowest BCUT2D eigenvalue weighted by Gasteiger charge is -2.13. The first-order chi connectivity index (χ1) is 8.20. The number of nitrogens with zero attached hydrogens (tertiary/aromatic N) is 2. The Balaban J connectivity index is 2.16. The number of aromatic nitrogens is 2. The average molecular weight is 288 g/mol. The third-order valence-corrected chi connectivity index (χ3v) is 3.74. The fraction of sp³-hybridized carbons (Fsp3) is 0.273. The number of likely N-dealkylation sites (N-methyl/N-ethyl adjacent to an activating group) is 1. The zero-order chi connectivity index (χ0) is 12.3. The third kappa shape index (κ3) is 3.16. The van der Waals surface area contributed by atoms with Crippen LogP contribution in [0.3, 0.4) is 0 Å². The molecule has 1 N–H and O–H groups in total. The summed E-state index contributed by atoms with van der Waals surface area (Å²) in [6.07, 6.45) is 2.59. The molecule has 1 aromatic heterocycles. The second kappa shape index (κ2) is 5.78. The SMILES string of the molecule is CNC(Cc1ccc(Cl)c(Cl)c1)c1cnsn1. The van der Waals surface area contributed by atoms with Crippen molar-refractivity contribution in [1.82, 2.24) is 14.1 Å². The van der Waals surface area contributed by atoms with Crippen molar-refractivity contribution in [2.45, 2.75) is 12.5 Å². The van der Waals surface area contributed by atoms with E-state index in [2.05, 4.69) is 14.1 Å². The fourth-order valence-electron chi connectivity index (χ4n) is 1.58. The Bertz CT molecular complexity index is 487. The van der Waals surface area contributed by atoms with Crippen LogP contribution in [0.2, 0.25) is 10.0 Å². The average Bonchev–Trinajstić information content (AvgIpc) is 2.84. The monoisotopic (exact) mass is 287 g/mol. The first kappa shape index (κ1) is 12.8. The molecule has 3 nitrogen and oxygen atoms in total. The summed E-state index contributed by atoms with van der Waals surface area (Å²) in [5.74, 6) is 0. The highest BCUT2D eigenvalue weighted by Gasteiger charge is 2.13. The Hall–Kier alpha value is -0.680. The minimum absolute atomic E-state index is 0.144. The van der Waals surface area contributed by atoms with Gasteiger partial charge >= 0.3 is 0 Å². The second-order valence-corrected chi connectivity index (χ2v) is 5.00. The zero-order valence-electron chi connectivity index (χ0n) is 9.15. The van der Waals surface area contributed by atoms with Gasteiger partial charge in [-0.05, 0) is 31.2 Å². The van der Waals surface area contributed by atoms with E-state index in [1.54, 1.807) is 6.20 Å². The number of rotatable bonds is 4. The summed E-state index contributed by atoms with van der Waals surface area (Å²) in [5, 5.41) is 4.37. The molecule has 1 heterocycles. The summed E-state index contributed by atoms with van der Waals surface area (Å²) < 4.78 is 8.24. The predicted molar refractivity (Wildman–Crippen MR) is 71.9 cm³/mol. The summed E-state index contributed by atoms with van der Waals surface area (Å²) in [4.78, 5) is 0. The van der Waals surface area contributed by atoms with Gasteiger partial charge in [0.15, 0.2) is 0 Å². The molecule has 0 bridgehead atoms. The van der Waals surface area contributed by atoms with Crippen LogP contribution in [0.4, 0.5) is 0 Å². The first-order valence-corrected chi connectivity index (χ1v) is 6.58. The lowest BCUT2D eigenvalue weighted by atomic mass is 10.0. The van der Waals surface area contributed by atoms with E-state index in [-0.39, 0.29) is 6.04 Å². The lowest BCUT2D eigenvalue weighted by molar-refractivity contribution is 0.580. The molecule has 0 saturated carbocycles. The number of nitrogens with one attached hydrogen (secondary N) is 1. The Labute approximate surface area is 114 Å². The van der Waals surface area contributed by atoms with Crippen molar-refractivity contribution >= 4 is 34.9 Å². The van der Waals surface area contributed by atoms with Crippen LogP contribution in [-0.4, -0.2) is 15.8 Å². The van der Waals surface area contributed by atoms with Crippen LogP contribution in [0.15, 0.2) is 24.4 Å². The van der Waals surface area contributed by atoms with Gasteiger partial charge in [-0.1, -0.05) is 29.3 Å². The van der Waals surface area contributed by atoms with Crippen molar-refractivity contribution in [3.8, 4) is 0 Å². The van der Waals surface area contributed by atoms with Crippen LogP contribution >= 0.6 is 34.9 Å². The molecule has 0 aliphatic rings. The van der Waals surface area contributed by atoms with E-state index >= 15 is 0 Å². The van der Waals surface area contributed by atoms with E-state index in [1.165, 1.54) is 11.7 Å². The molecule has 0 spiro atoms. The quantitative estimate of drug-likeness (QED) is 0.937. The minimum Gasteiger partial charge on any atom is -0.311 e. The van der Waals surface area contributed by atoms with Gasteiger partial charge in [0.1, 0.15) is 0 Å². The Morgan fingerprint density at radius 3 is 2.76 bits per heavy atom. The molecular formula is C11H11Cl2N3S. The highest BCUT2D eigenvalue weighted by atomic mass is 35.5. The van der Waals surface area contributed by atoms with Crippen LogP contribution in [0.25, 0.3) is 0 Å². The van der Waals surface area contributed by atoms with Crippen LogP contribution < -0.4 is 5.32 Å². The molecule has 0 saturated heterocycles. The highest BCUT2D eigenvalue weighted by Crippen LogP contribution is 2.25. The van der Waals surface area contributed by atoms with E-state index in [0.717, 1.165) is 17.7 Å². The number of halogens is 2. The van der Waals surface area contributed by atoms with Crippen molar-refractivity contribution in [1.29, 1.82) is 0 Å². The van der Waals surface area contributed by atoms with Crippen LogP contribution in [0, 0.1) is 0 Å². The zero-order valence-corrected chi connectivity index (χ0v) is 11.5. The van der Waals surface area contributed by atoms with Gasteiger partial charge in [-0.15, -0.1) is 0 Å². The van der Waals surface area contributed by atoms with E-state index in [4.69, 9.17) is 23.2 Å². The van der Waals surface area contributed by atoms with Crippen molar-refractivity contribution < 1.29 is 0 Å². The van der Waals surface area contributed by atoms with Crippen molar-refractivity contribution in [3.05, 3.63) is 45.7 Å². The molecule has 6 heteroatoms. The predicted octanol–water partition coefficient (Wildman–Crippen LogP) is 3.35. The van der Waals surface area contributed by atoms with Gasteiger partial charge in [0.05, 0.1) is 39.7 Å². The maximum atomic E-state index is 5.99. The summed E-state index contributed by atoms with van der Waals surface area (Å²) >= 11 is 13.1. The maximum Gasteiger partial charge on any atom is 0.0915 e. The molecule has 0 fully saturated rings. The molecule has 90 valence electrons. The Morgan fingerprint density at radius 2 is 2.18 bits per heavy atom. The highest BCUT2D eigenvalue weighted by molar-refractivity contribution is 6.99. The molecule has 1 unspecified atom stereocenters. The van der Waals surface area contributed by atoms with Crippen LogP contribution in [0.5, 0.6) is 0 Å². The molecule has 0 aliphatic heterocycles. The van der Waals surface area contributed by atoms with Crippen LogP contribution in [0.1, 0.15) is 17.3 Å². The fourth-order valence-corrected chi connectivity index (χ4v) is 2.37. The van der Waals surface area contributed by atoms with Gasteiger partial charge in [-0.2, -0.15) is 8.75 Å². The molecule has 17 heavy (non-hydrogen) atoms. The molecular weight excluding hydrogens is 277 g/mol. The number of benzene rings is 1. The van der Waals surface area contributed by atoms with Gasteiger partial charge in [0, 0.05) is 0 Å². The Kier molecular flexibility index (Phi) is 4.34. The van der Waals surface area contributed by atoms with E-state index < -0.39 is 0 Å². The molecule has 1 aromatic carbocycles. The van der Waals surface area contributed by atoms with Gasteiger partial charge in [0.2, 0.25) is 0 Å². The Morgan fingerprint density at radius 1 is 1.35 bits per heavy atom. The summed E-state index contributed by atoms with van der Waals surface area (Å²) in [5.41, 5.74) is 2.07. The molecule has 0 amide bonds.